The predicted octanol–water partition coefficient (Wildman–Crippen LogP) is 1.35. The lowest BCUT2D eigenvalue weighted by atomic mass is 9.94. The fourth-order valence-corrected chi connectivity index (χ4v) is 1.37. The Morgan fingerprint density at radius 3 is 2.24 bits per heavy atom. The quantitative estimate of drug-likeness (QED) is 0.723. The SMILES string of the molecule is CC(C)(NCC(C)(O)c1ccccc1)C(=O)O. The van der Waals surface area contributed by atoms with Crippen molar-refractivity contribution in [1.82, 2.24) is 5.32 Å². The number of β-amino-alcohol motifs (C(OH)–C–C–N with tert-alkyl or cyclic N) is 1. The van der Waals surface area contributed by atoms with Gasteiger partial charge in [0.2, 0.25) is 0 Å². The molecule has 0 heterocycles. The molecule has 3 N–H and O–H groups in total. The van der Waals surface area contributed by atoms with Gasteiger partial charge in [0, 0.05) is 6.54 Å². The zero-order valence-corrected chi connectivity index (χ0v) is 10.4. The largest absolute Gasteiger partial charge is 0.480 e. The van der Waals surface area contributed by atoms with Crippen LogP contribution in [0.1, 0.15) is 26.3 Å². The standard InChI is InChI=1S/C13H19NO3/c1-12(2,11(15)16)14-9-13(3,17)10-7-5-4-6-8-10/h4-8,14,17H,9H2,1-3H3,(H,15,16). The Bertz CT molecular complexity index is 385. The highest BCUT2D eigenvalue weighted by atomic mass is 16.4. The molecule has 0 fully saturated rings. The lowest BCUT2D eigenvalue weighted by Crippen LogP contribution is -2.51. The number of aliphatic carboxylic acids is 1. The molecule has 1 atom stereocenters. The van der Waals surface area contributed by atoms with Crippen molar-refractivity contribution >= 4 is 5.97 Å². The molecule has 0 bridgehead atoms. The van der Waals surface area contributed by atoms with E-state index in [9.17, 15) is 9.90 Å². The highest BCUT2D eigenvalue weighted by molar-refractivity contribution is 5.77. The van der Waals surface area contributed by atoms with Gasteiger partial charge in [0.15, 0.2) is 0 Å². The molecule has 1 rings (SSSR count). The van der Waals surface area contributed by atoms with Gasteiger partial charge < -0.3 is 10.2 Å². The molecule has 0 amide bonds. The minimum atomic E-state index is -1.09. The van der Waals surface area contributed by atoms with Gasteiger partial charge in [-0.15, -0.1) is 0 Å². The summed E-state index contributed by atoms with van der Waals surface area (Å²) in [5, 5.41) is 22.1. The maximum Gasteiger partial charge on any atom is 0.323 e. The molecule has 0 aliphatic heterocycles. The molecule has 1 aromatic rings. The first kappa shape index (κ1) is 13.7. The molecule has 0 saturated heterocycles. The topological polar surface area (TPSA) is 69.6 Å². The summed E-state index contributed by atoms with van der Waals surface area (Å²) in [7, 11) is 0. The Morgan fingerprint density at radius 1 is 1.24 bits per heavy atom. The number of carbonyl (C=O) groups is 1. The highest BCUT2D eigenvalue weighted by Crippen LogP contribution is 2.20. The first-order valence-electron chi connectivity index (χ1n) is 5.52. The summed E-state index contributed by atoms with van der Waals surface area (Å²) in [6.45, 7) is 4.97. The summed E-state index contributed by atoms with van der Waals surface area (Å²) in [5.41, 5.74) is -1.39. The van der Waals surface area contributed by atoms with Crippen LogP contribution in [0.3, 0.4) is 0 Å². The van der Waals surface area contributed by atoms with Crippen molar-refractivity contribution in [2.75, 3.05) is 6.54 Å². The summed E-state index contributed by atoms with van der Waals surface area (Å²) >= 11 is 0. The lowest BCUT2D eigenvalue weighted by Gasteiger charge is -2.29. The second-order valence-corrected chi connectivity index (χ2v) is 4.92. The van der Waals surface area contributed by atoms with Crippen LogP contribution in [-0.2, 0) is 10.4 Å². The Labute approximate surface area is 101 Å². The van der Waals surface area contributed by atoms with E-state index in [0.717, 1.165) is 5.56 Å². The molecule has 0 spiro atoms. The van der Waals surface area contributed by atoms with Gasteiger partial charge in [-0.1, -0.05) is 30.3 Å². The van der Waals surface area contributed by atoms with Crippen molar-refractivity contribution < 1.29 is 15.0 Å². The van der Waals surface area contributed by atoms with Gasteiger partial charge in [-0.3, -0.25) is 10.1 Å². The van der Waals surface area contributed by atoms with Gasteiger partial charge in [0.25, 0.3) is 0 Å². The number of hydrogen-bond donors (Lipinski definition) is 3. The molecular weight excluding hydrogens is 218 g/mol. The third-order valence-corrected chi connectivity index (χ3v) is 2.80. The molecule has 94 valence electrons. The smallest absolute Gasteiger partial charge is 0.323 e. The number of carboxylic acid groups (broad SMARTS) is 1. The molecule has 4 nitrogen and oxygen atoms in total. The summed E-state index contributed by atoms with van der Waals surface area (Å²) < 4.78 is 0. The van der Waals surface area contributed by atoms with Gasteiger partial charge in [-0.2, -0.15) is 0 Å². The van der Waals surface area contributed by atoms with Gasteiger partial charge in [-0.05, 0) is 26.3 Å². The summed E-state index contributed by atoms with van der Waals surface area (Å²) in [4.78, 5) is 10.9. The van der Waals surface area contributed by atoms with E-state index in [1.54, 1.807) is 20.8 Å². The zero-order chi connectivity index (χ0) is 13.1. The monoisotopic (exact) mass is 237 g/mol. The third kappa shape index (κ3) is 3.54. The van der Waals surface area contributed by atoms with E-state index in [4.69, 9.17) is 5.11 Å². The van der Waals surface area contributed by atoms with Crippen LogP contribution in [0.5, 0.6) is 0 Å². The molecule has 0 radical (unpaired) electrons. The third-order valence-electron chi connectivity index (χ3n) is 2.80. The van der Waals surface area contributed by atoms with Gasteiger partial charge in [0.1, 0.15) is 5.54 Å². The molecule has 4 heteroatoms. The molecule has 0 aromatic heterocycles. The van der Waals surface area contributed by atoms with Crippen LogP contribution in [0, 0.1) is 0 Å². The second-order valence-electron chi connectivity index (χ2n) is 4.92. The van der Waals surface area contributed by atoms with Crippen LogP contribution in [0.15, 0.2) is 30.3 Å². The summed E-state index contributed by atoms with van der Waals surface area (Å²) in [6, 6.07) is 9.18. The first-order valence-corrected chi connectivity index (χ1v) is 5.52. The predicted molar refractivity (Wildman–Crippen MR) is 65.7 cm³/mol. The number of rotatable bonds is 5. The minimum Gasteiger partial charge on any atom is -0.480 e. The van der Waals surface area contributed by atoms with Gasteiger partial charge >= 0.3 is 5.97 Å². The van der Waals surface area contributed by atoms with E-state index in [2.05, 4.69) is 5.32 Å². The number of nitrogens with one attached hydrogen (secondary N) is 1. The molecule has 0 aliphatic carbocycles. The van der Waals surface area contributed by atoms with Crippen molar-refractivity contribution in [2.24, 2.45) is 0 Å². The van der Waals surface area contributed by atoms with Crippen LogP contribution < -0.4 is 5.32 Å². The molecule has 0 saturated carbocycles. The maximum absolute atomic E-state index is 10.9. The number of hydrogen-bond acceptors (Lipinski definition) is 3. The molecule has 1 aromatic carbocycles. The fraction of sp³-hybridized carbons (Fsp3) is 0.462. The number of carboxylic acids is 1. The summed E-state index contributed by atoms with van der Waals surface area (Å²) in [6.07, 6.45) is 0. The van der Waals surface area contributed by atoms with E-state index >= 15 is 0 Å². The Kier molecular flexibility index (Phi) is 3.91. The van der Waals surface area contributed by atoms with Crippen LogP contribution in [0.2, 0.25) is 0 Å². The van der Waals surface area contributed by atoms with E-state index in [1.807, 2.05) is 30.3 Å². The van der Waals surface area contributed by atoms with E-state index < -0.39 is 17.1 Å². The fourth-order valence-electron chi connectivity index (χ4n) is 1.37. The highest BCUT2D eigenvalue weighted by Gasteiger charge is 2.31. The summed E-state index contributed by atoms with van der Waals surface area (Å²) in [5.74, 6) is -0.943. The van der Waals surface area contributed by atoms with Crippen molar-refractivity contribution in [3.63, 3.8) is 0 Å². The van der Waals surface area contributed by atoms with Crippen molar-refractivity contribution in [1.29, 1.82) is 0 Å². The van der Waals surface area contributed by atoms with Gasteiger partial charge in [-0.25, -0.2) is 0 Å². The minimum absolute atomic E-state index is 0.177. The van der Waals surface area contributed by atoms with Crippen molar-refractivity contribution in [3.05, 3.63) is 35.9 Å². The molecule has 0 aliphatic rings. The van der Waals surface area contributed by atoms with Crippen LogP contribution in [-0.4, -0.2) is 28.3 Å². The molecule has 17 heavy (non-hydrogen) atoms. The average molecular weight is 237 g/mol. The van der Waals surface area contributed by atoms with Crippen LogP contribution >= 0.6 is 0 Å². The van der Waals surface area contributed by atoms with Crippen LogP contribution in [0.25, 0.3) is 0 Å². The van der Waals surface area contributed by atoms with E-state index in [0.29, 0.717) is 0 Å². The van der Waals surface area contributed by atoms with Crippen molar-refractivity contribution in [2.45, 2.75) is 31.9 Å². The second kappa shape index (κ2) is 4.85. The van der Waals surface area contributed by atoms with E-state index in [-0.39, 0.29) is 6.54 Å². The average Bonchev–Trinajstić information content (AvgIpc) is 2.28. The van der Waals surface area contributed by atoms with E-state index in [1.165, 1.54) is 0 Å². The first-order chi connectivity index (χ1) is 7.76. The number of aliphatic hydroxyl groups is 1. The Balaban J connectivity index is 2.72. The number of benzene rings is 1. The maximum atomic E-state index is 10.9. The van der Waals surface area contributed by atoms with Crippen molar-refractivity contribution in [3.8, 4) is 0 Å². The Morgan fingerprint density at radius 2 is 1.76 bits per heavy atom. The molecule has 1 unspecified atom stereocenters. The van der Waals surface area contributed by atoms with Crippen LogP contribution in [0.4, 0.5) is 0 Å². The Hall–Kier alpha value is -1.39. The normalized spacial score (nSPS) is 15.3. The van der Waals surface area contributed by atoms with Gasteiger partial charge in [0.05, 0.1) is 5.60 Å². The zero-order valence-electron chi connectivity index (χ0n) is 10.4. The molecular formula is C13H19NO3. The lowest BCUT2D eigenvalue weighted by molar-refractivity contribution is -0.143.